The van der Waals surface area contributed by atoms with E-state index in [0.717, 1.165) is 28.2 Å². The molecule has 0 saturated carbocycles. The fourth-order valence-corrected chi connectivity index (χ4v) is 2.63. The smallest absolute Gasteiger partial charge is 0.274 e. The molecule has 0 atom stereocenters. The molecule has 2 N–H and O–H groups in total. The average Bonchev–Trinajstić information content (AvgIpc) is 2.63. The summed E-state index contributed by atoms with van der Waals surface area (Å²) in [4.78, 5) is 25.6. The molecule has 6 heteroatoms. The Labute approximate surface area is 152 Å². The molecule has 1 aromatic carbocycles. The summed E-state index contributed by atoms with van der Waals surface area (Å²) in [6.45, 7) is 6.26. The first kappa shape index (κ1) is 17.5. The Hall–Kier alpha value is -3.28. The second-order valence-electron chi connectivity index (χ2n) is 6.11. The molecule has 1 amide bonds. The van der Waals surface area contributed by atoms with Crippen molar-refractivity contribution in [1.29, 1.82) is 0 Å². The summed E-state index contributed by atoms with van der Waals surface area (Å²) in [5, 5.41) is 6.07. The molecule has 0 radical (unpaired) electrons. The Balaban J connectivity index is 1.77. The summed E-state index contributed by atoms with van der Waals surface area (Å²) in [6.07, 6.45) is 1.73. The van der Waals surface area contributed by atoms with Crippen LogP contribution >= 0.6 is 0 Å². The van der Waals surface area contributed by atoms with Crippen molar-refractivity contribution in [2.45, 2.75) is 27.3 Å². The van der Waals surface area contributed by atoms with Crippen LogP contribution < -0.4 is 10.6 Å². The maximum Gasteiger partial charge on any atom is 0.274 e. The minimum Gasteiger partial charge on any atom is -0.349 e. The molecule has 6 nitrogen and oxygen atoms in total. The summed E-state index contributed by atoms with van der Waals surface area (Å²) in [7, 11) is 0. The number of carbonyl (C=O) groups excluding carboxylic acids is 1. The fourth-order valence-electron chi connectivity index (χ4n) is 2.63. The number of hydrogen-bond acceptors (Lipinski definition) is 5. The maximum absolute atomic E-state index is 12.7. The number of pyridine rings is 1. The monoisotopic (exact) mass is 347 g/mol. The van der Waals surface area contributed by atoms with Crippen LogP contribution in [-0.4, -0.2) is 20.9 Å². The van der Waals surface area contributed by atoms with Gasteiger partial charge in [-0.1, -0.05) is 24.3 Å². The molecule has 26 heavy (non-hydrogen) atoms. The second-order valence-corrected chi connectivity index (χ2v) is 6.11. The molecular weight excluding hydrogens is 326 g/mol. The molecular formula is C20H21N5O. The quantitative estimate of drug-likeness (QED) is 0.736. The van der Waals surface area contributed by atoms with Crippen LogP contribution in [-0.2, 0) is 6.54 Å². The number of benzene rings is 1. The van der Waals surface area contributed by atoms with E-state index >= 15 is 0 Å². The van der Waals surface area contributed by atoms with Gasteiger partial charge in [0.25, 0.3) is 5.91 Å². The first-order chi connectivity index (χ1) is 12.5. The van der Waals surface area contributed by atoms with Crippen LogP contribution in [0.3, 0.4) is 0 Å². The predicted octanol–water partition coefficient (Wildman–Crippen LogP) is 3.66. The summed E-state index contributed by atoms with van der Waals surface area (Å²) in [5.74, 6) is 0.149. The molecule has 0 unspecified atom stereocenters. The van der Waals surface area contributed by atoms with Gasteiger partial charge in [-0.15, -0.1) is 0 Å². The van der Waals surface area contributed by atoms with E-state index in [0.29, 0.717) is 18.2 Å². The van der Waals surface area contributed by atoms with E-state index in [4.69, 9.17) is 0 Å². The lowest BCUT2D eigenvalue weighted by Gasteiger charge is -2.12. The highest BCUT2D eigenvalue weighted by Gasteiger charge is 2.13. The highest BCUT2D eigenvalue weighted by molar-refractivity contribution is 6.03. The van der Waals surface area contributed by atoms with Gasteiger partial charge in [0.15, 0.2) is 0 Å². The predicted molar refractivity (Wildman–Crippen MR) is 102 cm³/mol. The number of hydrogen-bond donors (Lipinski definition) is 2. The number of nitrogens with one attached hydrogen (secondary N) is 2. The van der Waals surface area contributed by atoms with Crippen LogP contribution in [0.5, 0.6) is 0 Å². The van der Waals surface area contributed by atoms with Gasteiger partial charge < -0.3 is 10.6 Å². The van der Waals surface area contributed by atoms with E-state index in [1.165, 1.54) is 0 Å². The lowest BCUT2D eigenvalue weighted by Crippen LogP contribution is -2.17. The highest BCUT2D eigenvalue weighted by atomic mass is 16.1. The van der Waals surface area contributed by atoms with Crippen LogP contribution in [0.2, 0.25) is 0 Å². The Kier molecular flexibility index (Phi) is 5.22. The van der Waals surface area contributed by atoms with Gasteiger partial charge in [-0.25, -0.2) is 9.97 Å². The van der Waals surface area contributed by atoms with E-state index < -0.39 is 0 Å². The Bertz CT molecular complexity index is 904. The number of carbonyl (C=O) groups is 1. The van der Waals surface area contributed by atoms with Crippen LogP contribution in [0.25, 0.3) is 0 Å². The van der Waals surface area contributed by atoms with Gasteiger partial charge in [-0.2, -0.15) is 0 Å². The normalized spacial score (nSPS) is 10.4. The number of nitrogens with zero attached hydrogens (tertiary/aromatic N) is 3. The van der Waals surface area contributed by atoms with E-state index in [-0.39, 0.29) is 5.91 Å². The van der Waals surface area contributed by atoms with E-state index in [9.17, 15) is 4.79 Å². The Morgan fingerprint density at radius 1 is 1.00 bits per heavy atom. The van der Waals surface area contributed by atoms with Crippen LogP contribution in [0.1, 0.15) is 33.0 Å². The number of amides is 1. The fraction of sp³-hybridized carbons (Fsp3) is 0.200. The van der Waals surface area contributed by atoms with Crippen molar-refractivity contribution in [2.75, 3.05) is 10.6 Å². The summed E-state index contributed by atoms with van der Waals surface area (Å²) < 4.78 is 0. The zero-order chi connectivity index (χ0) is 18.5. The van der Waals surface area contributed by atoms with E-state index in [1.54, 1.807) is 12.3 Å². The standard InChI is InChI=1S/C20H21N5O/c1-13-7-6-8-14(2)18(13)25-19(26)17-11-15(3)23-20(24-17)22-12-16-9-4-5-10-21-16/h4-11H,12H2,1-3H3,(H,25,26)(H,22,23,24). The number of aromatic nitrogens is 3. The Morgan fingerprint density at radius 2 is 1.77 bits per heavy atom. The van der Waals surface area contributed by atoms with Crippen molar-refractivity contribution in [3.8, 4) is 0 Å². The minimum absolute atomic E-state index is 0.256. The molecule has 0 fully saturated rings. The molecule has 0 bridgehead atoms. The van der Waals surface area contributed by atoms with Gasteiger partial charge >= 0.3 is 0 Å². The van der Waals surface area contributed by atoms with Crippen molar-refractivity contribution in [3.05, 3.63) is 76.9 Å². The molecule has 2 heterocycles. The molecule has 0 saturated heterocycles. The molecule has 3 aromatic rings. The number of aryl methyl sites for hydroxylation is 3. The zero-order valence-electron chi connectivity index (χ0n) is 15.1. The SMILES string of the molecule is Cc1cc(C(=O)Nc2c(C)cccc2C)nc(NCc2ccccn2)n1. The van der Waals surface area contributed by atoms with Crippen molar-refractivity contribution < 1.29 is 4.79 Å². The molecule has 132 valence electrons. The summed E-state index contributed by atoms with van der Waals surface area (Å²) in [5.41, 5.74) is 4.75. The second kappa shape index (κ2) is 7.74. The number of anilines is 2. The maximum atomic E-state index is 12.7. The summed E-state index contributed by atoms with van der Waals surface area (Å²) in [6, 6.07) is 13.3. The van der Waals surface area contributed by atoms with Gasteiger partial charge in [0.1, 0.15) is 5.69 Å². The average molecular weight is 347 g/mol. The van der Waals surface area contributed by atoms with E-state index in [2.05, 4.69) is 25.6 Å². The molecule has 2 aromatic heterocycles. The number of rotatable bonds is 5. The van der Waals surface area contributed by atoms with Gasteiger partial charge in [0, 0.05) is 17.6 Å². The molecule has 0 aliphatic rings. The summed E-state index contributed by atoms with van der Waals surface area (Å²) >= 11 is 0. The molecule has 3 rings (SSSR count). The van der Waals surface area contributed by atoms with Crippen molar-refractivity contribution in [2.24, 2.45) is 0 Å². The third-order valence-corrected chi connectivity index (χ3v) is 3.96. The van der Waals surface area contributed by atoms with Crippen LogP contribution in [0, 0.1) is 20.8 Å². The lowest BCUT2D eigenvalue weighted by atomic mass is 10.1. The first-order valence-corrected chi connectivity index (χ1v) is 8.40. The molecule has 0 spiro atoms. The zero-order valence-corrected chi connectivity index (χ0v) is 15.1. The molecule has 0 aliphatic carbocycles. The topological polar surface area (TPSA) is 79.8 Å². The highest BCUT2D eigenvalue weighted by Crippen LogP contribution is 2.20. The van der Waals surface area contributed by atoms with Gasteiger partial charge in [-0.3, -0.25) is 9.78 Å². The molecule has 0 aliphatic heterocycles. The van der Waals surface area contributed by atoms with Crippen molar-refractivity contribution >= 4 is 17.5 Å². The van der Waals surface area contributed by atoms with Gasteiger partial charge in [-0.05, 0) is 50.1 Å². The third kappa shape index (κ3) is 4.22. The van der Waals surface area contributed by atoms with E-state index in [1.807, 2.05) is 57.2 Å². The minimum atomic E-state index is -0.256. The number of para-hydroxylation sites is 1. The third-order valence-electron chi connectivity index (χ3n) is 3.96. The Morgan fingerprint density at radius 3 is 2.46 bits per heavy atom. The van der Waals surface area contributed by atoms with Crippen molar-refractivity contribution in [3.63, 3.8) is 0 Å². The lowest BCUT2D eigenvalue weighted by molar-refractivity contribution is 0.102. The largest absolute Gasteiger partial charge is 0.349 e. The first-order valence-electron chi connectivity index (χ1n) is 8.40. The van der Waals surface area contributed by atoms with Crippen molar-refractivity contribution in [1.82, 2.24) is 15.0 Å². The van der Waals surface area contributed by atoms with Crippen LogP contribution in [0.15, 0.2) is 48.7 Å². The van der Waals surface area contributed by atoms with Gasteiger partial charge in [0.2, 0.25) is 5.95 Å². The van der Waals surface area contributed by atoms with Gasteiger partial charge in [0.05, 0.1) is 12.2 Å². The van der Waals surface area contributed by atoms with Crippen LogP contribution in [0.4, 0.5) is 11.6 Å².